The van der Waals surface area contributed by atoms with Gasteiger partial charge in [0.1, 0.15) is 11.5 Å². The van der Waals surface area contributed by atoms with Gasteiger partial charge in [-0.05, 0) is 40.6 Å². The van der Waals surface area contributed by atoms with Gasteiger partial charge in [-0.2, -0.15) is 11.3 Å². The molecule has 3 aromatic rings. The zero-order valence-corrected chi connectivity index (χ0v) is 15.3. The smallest absolute Gasteiger partial charge is 0.250 e. The molecule has 2 heterocycles. The fourth-order valence-electron chi connectivity index (χ4n) is 2.15. The fraction of sp³-hybridized carbons (Fsp3) is 0.111. The molecule has 0 aliphatic rings. The lowest BCUT2D eigenvalue weighted by atomic mass is 10.1. The van der Waals surface area contributed by atoms with Crippen molar-refractivity contribution in [3.8, 4) is 22.8 Å². The molecule has 0 unspecified atom stereocenters. The number of nitrogens with one attached hydrogen (secondary N) is 1. The Balaban J connectivity index is 1.73. The van der Waals surface area contributed by atoms with Crippen molar-refractivity contribution >= 4 is 39.8 Å². The van der Waals surface area contributed by atoms with E-state index in [2.05, 4.69) is 10.3 Å². The molecule has 5 nitrogen and oxygen atoms in total. The number of nitrogens with zero attached hydrogens (tertiary/aromatic N) is 1. The van der Waals surface area contributed by atoms with Gasteiger partial charge in [-0.1, -0.05) is 0 Å². The van der Waals surface area contributed by atoms with Crippen LogP contribution in [-0.4, -0.2) is 25.1 Å². The largest absolute Gasteiger partial charge is 0.497 e. The minimum atomic E-state index is -0.214. The number of ether oxygens (including phenoxy) is 2. The van der Waals surface area contributed by atoms with Gasteiger partial charge in [0.2, 0.25) is 5.91 Å². The van der Waals surface area contributed by atoms with Crippen LogP contribution in [0, 0.1) is 0 Å². The van der Waals surface area contributed by atoms with Gasteiger partial charge in [-0.3, -0.25) is 10.1 Å². The van der Waals surface area contributed by atoms with Crippen LogP contribution >= 0.6 is 22.7 Å². The molecule has 0 aliphatic heterocycles. The highest BCUT2D eigenvalue weighted by molar-refractivity contribution is 7.14. The first-order valence-electron chi connectivity index (χ1n) is 7.39. The fourth-order valence-corrected chi connectivity index (χ4v) is 3.50. The molecule has 0 spiro atoms. The summed E-state index contributed by atoms with van der Waals surface area (Å²) in [5, 5.41) is 9.13. The third-order valence-electron chi connectivity index (χ3n) is 3.39. The van der Waals surface area contributed by atoms with Gasteiger partial charge >= 0.3 is 0 Å². The summed E-state index contributed by atoms with van der Waals surface area (Å²) in [6.07, 6.45) is 3.27. The lowest BCUT2D eigenvalue weighted by molar-refractivity contribution is -0.111. The van der Waals surface area contributed by atoms with Crippen molar-refractivity contribution < 1.29 is 14.3 Å². The molecule has 7 heteroatoms. The predicted octanol–water partition coefficient (Wildman–Crippen LogP) is 4.54. The summed E-state index contributed by atoms with van der Waals surface area (Å²) in [6, 6.07) is 7.48. The highest BCUT2D eigenvalue weighted by Gasteiger charge is 2.12. The predicted molar refractivity (Wildman–Crippen MR) is 103 cm³/mol. The SMILES string of the molecule is COc1ccc(-c2csc(NC(=O)/C=C/c3ccsc3)n2)c(OC)c1. The summed E-state index contributed by atoms with van der Waals surface area (Å²) in [4.78, 5) is 16.5. The number of aromatic nitrogens is 1. The van der Waals surface area contributed by atoms with Crippen molar-refractivity contribution in [1.82, 2.24) is 4.98 Å². The van der Waals surface area contributed by atoms with Gasteiger partial charge < -0.3 is 9.47 Å². The van der Waals surface area contributed by atoms with E-state index in [-0.39, 0.29) is 5.91 Å². The summed E-state index contributed by atoms with van der Waals surface area (Å²) in [7, 11) is 3.21. The van der Waals surface area contributed by atoms with E-state index in [0.29, 0.717) is 16.6 Å². The van der Waals surface area contributed by atoms with Gasteiger partial charge in [-0.25, -0.2) is 4.98 Å². The van der Waals surface area contributed by atoms with Gasteiger partial charge in [0, 0.05) is 23.1 Å². The summed E-state index contributed by atoms with van der Waals surface area (Å²) in [5.41, 5.74) is 2.58. The molecule has 128 valence electrons. The van der Waals surface area contributed by atoms with E-state index < -0.39 is 0 Å². The molecule has 0 fully saturated rings. The maximum absolute atomic E-state index is 12.0. The minimum Gasteiger partial charge on any atom is -0.497 e. The number of thiophene rings is 1. The van der Waals surface area contributed by atoms with Crippen molar-refractivity contribution in [2.45, 2.75) is 0 Å². The third-order valence-corrected chi connectivity index (χ3v) is 4.85. The third kappa shape index (κ3) is 4.26. The number of rotatable bonds is 6. The molecule has 25 heavy (non-hydrogen) atoms. The van der Waals surface area contributed by atoms with E-state index in [1.807, 2.05) is 34.3 Å². The molecule has 0 saturated heterocycles. The maximum Gasteiger partial charge on any atom is 0.250 e. The zero-order chi connectivity index (χ0) is 17.6. The number of thiazole rings is 1. The lowest BCUT2D eigenvalue weighted by Gasteiger charge is -2.08. The highest BCUT2D eigenvalue weighted by Crippen LogP contribution is 2.34. The van der Waals surface area contributed by atoms with Crippen LogP contribution in [0.3, 0.4) is 0 Å². The molecule has 0 radical (unpaired) electrons. The first kappa shape index (κ1) is 17.2. The quantitative estimate of drug-likeness (QED) is 0.645. The van der Waals surface area contributed by atoms with Gasteiger partial charge in [0.15, 0.2) is 5.13 Å². The summed E-state index contributed by atoms with van der Waals surface area (Å²) in [5.74, 6) is 1.16. The number of carbonyl (C=O) groups is 1. The van der Waals surface area contributed by atoms with Crippen LogP contribution in [-0.2, 0) is 4.79 Å². The van der Waals surface area contributed by atoms with Crippen molar-refractivity contribution in [2.24, 2.45) is 0 Å². The van der Waals surface area contributed by atoms with Gasteiger partial charge in [0.05, 0.1) is 19.9 Å². The Kier molecular flexibility index (Phi) is 5.47. The number of benzene rings is 1. The molecule has 1 N–H and O–H groups in total. The Labute approximate surface area is 153 Å². The van der Waals surface area contributed by atoms with Crippen LogP contribution < -0.4 is 14.8 Å². The maximum atomic E-state index is 12.0. The summed E-state index contributed by atoms with van der Waals surface area (Å²) in [6.45, 7) is 0. The van der Waals surface area contributed by atoms with E-state index in [1.165, 1.54) is 17.4 Å². The van der Waals surface area contributed by atoms with Crippen molar-refractivity contribution in [3.05, 3.63) is 52.0 Å². The van der Waals surface area contributed by atoms with Crippen LogP contribution in [0.5, 0.6) is 11.5 Å². The van der Waals surface area contributed by atoms with Gasteiger partial charge in [-0.15, -0.1) is 11.3 Å². The number of hydrogen-bond acceptors (Lipinski definition) is 6. The molecule has 0 bridgehead atoms. The monoisotopic (exact) mass is 372 g/mol. The van der Waals surface area contributed by atoms with Crippen molar-refractivity contribution in [2.75, 3.05) is 19.5 Å². The molecule has 0 aliphatic carbocycles. The highest BCUT2D eigenvalue weighted by atomic mass is 32.1. The van der Waals surface area contributed by atoms with Crippen LogP contribution in [0.1, 0.15) is 5.56 Å². The average molecular weight is 372 g/mol. The van der Waals surface area contributed by atoms with E-state index in [9.17, 15) is 4.79 Å². The normalized spacial score (nSPS) is 10.8. The van der Waals surface area contributed by atoms with Gasteiger partial charge in [0.25, 0.3) is 0 Å². The second-order valence-corrected chi connectivity index (χ2v) is 6.62. The standard InChI is InChI=1S/C18H16N2O3S2/c1-22-13-4-5-14(16(9-13)23-2)15-11-25-18(19-15)20-17(21)6-3-12-7-8-24-10-12/h3-11H,1-2H3,(H,19,20,21)/b6-3+. The van der Waals surface area contributed by atoms with E-state index in [1.54, 1.807) is 37.7 Å². The number of anilines is 1. The Morgan fingerprint density at radius 3 is 2.80 bits per heavy atom. The van der Waals surface area contributed by atoms with E-state index in [0.717, 1.165) is 16.8 Å². The Morgan fingerprint density at radius 2 is 2.08 bits per heavy atom. The zero-order valence-electron chi connectivity index (χ0n) is 13.7. The topological polar surface area (TPSA) is 60.5 Å². The van der Waals surface area contributed by atoms with Crippen LogP contribution in [0.4, 0.5) is 5.13 Å². The van der Waals surface area contributed by atoms with Crippen LogP contribution in [0.25, 0.3) is 17.3 Å². The second-order valence-electron chi connectivity index (χ2n) is 4.98. The van der Waals surface area contributed by atoms with E-state index >= 15 is 0 Å². The lowest BCUT2D eigenvalue weighted by Crippen LogP contribution is -2.07. The van der Waals surface area contributed by atoms with E-state index in [4.69, 9.17) is 9.47 Å². The van der Waals surface area contributed by atoms with Crippen molar-refractivity contribution in [1.29, 1.82) is 0 Å². The number of hydrogen-bond donors (Lipinski definition) is 1. The first-order valence-corrected chi connectivity index (χ1v) is 9.21. The van der Waals surface area contributed by atoms with Crippen molar-refractivity contribution in [3.63, 3.8) is 0 Å². The molecule has 0 saturated carbocycles. The minimum absolute atomic E-state index is 0.214. The number of methoxy groups -OCH3 is 2. The van der Waals surface area contributed by atoms with Crippen LogP contribution in [0.2, 0.25) is 0 Å². The average Bonchev–Trinajstić information content (AvgIpc) is 3.31. The molecule has 2 aromatic heterocycles. The first-order chi connectivity index (χ1) is 12.2. The Bertz CT molecular complexity index is 886. The molecule has 1 aromatic carbocycles. The second kappa shape index (κ2) is 7.96. The van der Waals surface area contributed by atoms with Crippen LogP contribution in [0.15, 0.2) is 46.5 Å². The molecule has 0 atom stereocenters. The Morgan fingerprint density at radius 1 is 1.20 bits per heavy atom. The molecular formula is C18H16N2O3S2. The molecule has 1 amide bonds. The molecule has 3 rings (SSSR count). The summed E-state index contributed by atoms with van der Waals surface area (Å²) >= 11 is 2.95. The molecular weight excluding hydrogens is 356 g/mol. The number of carbonyl (C=O) groups excluding carboxylic acids is 1. The number of amides is 1. The Hall–Kier alpha value is -2.64. The summed E-state index contributed by atoms with van der Waals surface area (Å²) < 4.78 is 10.6.